The first kappa shape index (κ1) is 83.8. The molecule has 0 bridgehead atoms. The molecule has 0 rings (SSSR count). The number of carbonyl (C=O) groups is 2. The van der Waals surface area contributed by atoms with Crippen LogP contribution in [0.3, 0.4) is 0 Å². The van der Waals surface area contributed by atoms with Crippen LogP contribution in [0.1, 0.15) is 425 Å². The molecule has 2 unspecified atom stereocenters. The summed E-state index contributed by atoms with van der Waals surface area (Å²) in [6.07, 6.45) is 99.1. The van der Waals surface area contributed by atoms with E-state index in [1.165, 1.54) is 334 Å². The van der Waals surface area contributed by atoms with Gasteiger partial charge in [-0.1, -0.05) is 371 Å². The first-order valence-electron chi connectivity index (χ1n) is 38.9. The summed E-state index contributed by atoms with van der Waals surface area (Å²) in [6, 6.07) is -0.540. The number of esters is 1. The van der Waals surface area contributed by atoms with E-state index in [1.807, 2.05) is 0 Å². The Bertz CT molecular complexity index is 1440. The van der Waals surface area contributed by atoms with Crippen LogP contribution in [-0.2, 0) is 14.3 Å². The van der Waals surface area contributed by atoms with Crippen molar-refractivity contribution < 1.29 is 24.5 Å². The smallest absolute Gasteiger partial charge is 0.305 e. The number of unbranched alkanes of at least 4 members (excludes halogenated alkanes) is 54. The minimum absolute atomic E-state index is 0.0113. The Labute approximate surface area is 537 Å². The number of rotatable bonds is 73. The van der Waals surface area contributed by atoms with Gasteiger partial charge >= 0.3 is 5.97 Å². The third-order valence-corrected chi connectivity index (χ3v) is 18.1. The van der Waals surface area contributed by atoms with E-state index < -0.39 is 12.1 Å². The molecule has 86 heavy (non-hydrogen) atoms. The van der Waals surface area contributed by atoms with Gasteiger partial charge in [0.25, 0.3) is 0 Å². The highest BCUT2D eigenvalue weighted by atomic mass is 16.5. The maximum absolute atomic E-state index is 12.5. The van der Waals surface area contributed by atoms with Crippen LogP contribution in [0.5, 0.6) is 0 Å². The van der Waals surface area contributed by atoms with E-state index in [0.29, 0.717) is 25.9 Å². The van der Waals surface area contributed by atoms with Crippen LogP contribution in [0, 0.1) is 0 Å². The van der Waals surface area contributed by atoms with E-state index in [0.717, 1.165) is 57.8 Å². The van der Waals surface area contributed by atoms with Gasteiger partial charge in [-0.15, -0.1) is 0 Å². The normalized spacial score (nSPS) is 12.7. The molecule has 2 atom stereocenters. The van der Waals surface area contributed by atoms with Crippen molar-refractivity contribution in [1.29, 1.82) is 0 Å². The number of hydrogen-bond donors (Lipinski definition) is 3. The lowest BCUT2D eigenvalue weighted by Gasteiger charge is -2.22. The number of aliphatic hydroxyl groups excluding tert-OH is 2. The van der Waals surface area contributed by atoms with Crippen LogP contribution in [0.2, 0.25) is 0 Å². The molecule has 0 heterocycles. The molecule has 0 aromatic carbocycles. The van der Waals surface area contributed by atoms with Crippen molar-refractivity contribution in [3.8, 4) is 0 Å². The number of carbonyl (C=O) groups excluding carboxylic acids is 2. The fourth-order valence-electron chi connectivity index (χ4n) is 12.2. The van der Waals surface area contributed by atoms with Gasteiger partial charge in [0.1, 0.15) is 0 Å². The second-order valence-corrected chi connectivity index (χ2v) is 26.7. The first-order chi connectivity index (χ1) is 42.5. The fourth-order valence-corrected chi connectivity index (χ4v) is 12.2. The lowest BCUT2D eigenvalue weighted by Crippen LogP contribution is -2.45. The van der Waals surface area contributed by atoms with Crippen molar-refractivity contribution in [2.24, 2.45) is 0 Å². The molecule has 0 aromatic rings. The molecule has 0 aliphatic carbocycles. The maximum atomic E-state index is 12.5. The van der Waals surface area contributed by atoms with Crippen LogP contribution in [0.25, 0.3) is 0 Å². The number of ether oxygens (including phenoxy) is 1. The average Bonchev–Trinajstić information content (AvgIpc) is 3.55. The minimum atomic E-state index is -0.663. The molecule has 0 spiro atoms. The topological polar surface area (TPSA) is 95.9 Å². The second kappa shape index (κ2) is 75.3. The van der Waals surface area contributed by atoms with Gasteiger partial charge < -0.3 is 20.3 Å². The van der Waals surface area contributed by atoms with Gasteiger partial charge in [0.2, 0.25) is 5.91 Å². The summed E-state index contributed by atoms with van der Waals surface area (Å²) in [5, 5.41) is 23.4. The Morgan fingerprint density at radius 2 is 0.581 bits per heavy atom. The molecule has 1 amide bonds. The van der Waals surface area contributed by atoms with Gasteiger partial charge in [-0.2, -0.15) is 0 Å². The number of hydrogen-bond acceptors (Lipinski definition) is 5. The Morgan fingerprint density at radius 1 is 0.326 bits per heavy atom. The molecule has 0 aromatic heterocycles. The van der Waals surface area contributed by atoms with E-state index in [4.69, 9.17) is 4.74 Å². The third-order valence-electron chi connectivity index (χ3n) is 18.1. The zero-order chi connectivity index (χ0) is 62.0. The summed E-state index contributed by atoms with van der Waals surface area (Å²) in [7, 11) is 0. The van der Waals surface area contributed by atoms with E-state index in [1.54, 1.807) is 0 Å². The molecule has 0 aliphatic rings. The van der Waals surface area contributed by atoms with E-state index in [-0.39, 0.29) is 18.5 Å². The molecule has 506 valence electrons. The zero-order valence-electron chi connectivity index (χ0n) is 58.1. The van der Waals surface area contributed by atoms with Crippen LogP contribution >= 0.6 is 0 Å². The SMILES string of the molecule is CCCCC/C=C\C/C=C\CCCCCCCCCC(=O)OCCCCCCCCCCCCCCC/C=C\C/C=C\CCCCCCCCCCCCCCCCCCCC(=O)NC(CO)C(O)CCCCCCCCCCCCCCCCC. The van der Waals surface area contributed by atoms with Gasteiger partial charge in [0.05, 0.1) is 25.4 Å². The highest BCUT2D eigenvalue weighted by molar-refractivity contribution is 5.76. The maximum Gasteiger partial charge on any atom is 0.305 e. The zero-order valence-corrected chi connectivity index (χ0v) is 58.1. The number of allylic oxidation sites excluding steroid dienone is 8. The van der Waals surface area contributed by atoms with Crippen LogP contribution in [-0.4, -0.2) is 47.4 Å². The predicted octanol–water partition coefficient (Wildman–Crippen LogP) is 25.6. The van der Waals surface area contributed by atoms with E-state index >= 15 is 0 Å². The summed E-state index contributed by atoms with van der Waals surface area (Å²) in [5.41, 5.74) is 0. The summed E-state index contributed by atoms with van der Waals surface area (Å²) in [4.78, 5) is 24.6. The lowest BCUT2D eigenvalue weighted by molar-refractivity contribution is -0.143. The van der Waals surface area contributed by atoms with Crippen molar-refractivity contribution in [3.05, 3.63) is 48.6 Å². The molecule has 6 nitrogen and oxygen atoms in total. The molecule has 0 saturated heterocycles. The molecular weight excluding hydrogens is 1050 g/mol. The van der Waals surface area contributed by atoms with Gasteiger partial charge in [0.15, 0.2) is 0 Å². The first-order valence-corrected chi connectivity index (χ1v) is 38.9. The minimum Gasteiger partial charge on any atom is -0.466 e. The largest absolute Gasteiger partial charge is 0.466 e. The quantitative estimate of drug-likeness (QED) is 0.0320. The molecule has 0 fully saturated rings. The molecular formula is C80H151NO5. The van der Waals surface area contributed by atoms with Gasteiger partial charge in [-0.05, 0) is 89.9 Å². The summed E-state index contributed by atoms with van der Waals surface area (Å²) in [6.45, 7) is 4.96. The Morgan fingerprint density at radius 3 is 0.907 bits per heavy atom. The van der Waals surface area contributed by atoms with Gasteiger partial charge in [-0.25, -0.2) is 0 Å². The van der Waals surface area contributed by atoms with Gasteiger partial charge in [0, 0.05) is 12.8 Å². The summed E-state index contributed by atoms with van der Waals surface area (Å²) >= 11 is 0. The molecule has 6 heteroatoms. The molecule has 0 saturated carbocycles. The number of nitrogens with one attached hydrogen (secondary N) is 1. The van der Waals surface area contributed by atoms with Crippen molar-refractivity contribution in [3.63, 3.8) is 0 Å². The Kier molecular flexibility index (Phi) is 73.4. The fraction of sp³-hybridized carbons (Fsp3) is 0.875. The van der Waals surface area contributed by atoms with Gasteiger partial charge in [-0.3, -0.25) is 9.59 Å². The highest BCUT2D eigenvalue weighted by Gasteiger charge is 2.20. The van der Waals surface area contributed by atoms with Crippen molar-refractivity contribution in [1.82, 2.24) is 5.32 Å². The van der Waals surface area contributed by atoms with E-state index in [9.17, 15) is 19.8 Å². The number of amides is 1. The summed E-state index contributed by atoms with van der Waals surface area (Å²) in [5.74, 6) is -0.0181. The highest BCUT2D eigenvalue weighted by Crippen LogP contribution is 2.19. The standard InChI is InChI=1S/C80H151NO5/c1-3-5-7-9-11-13-15-17-19-41-46-50-54-58-62-66-70-74-80(85)86-75-71-67-63-59-55-51-47-43-40-38-36-34-32-30-28-26-24-22-20-21-23-25-27-29-31-33-35-37-39-42-45-49-53-57-61-65-69-73-79(84)81-77(76-82)78(83)72-68-64-60-56-52-48-44-18-16-14-12-10-8-6-4-2/h11,13,17,19-20,22,26,28,77-78,82-83H,3-10,12,14-16,18,21,23-25,27,29-76H2,1-2H3,(H,81,84)/b13-11-,19-17-,22-20-,28-26-. The molecule has 0 aliphatic heterocycles. The van der Waals surface area contributed by atoms with Crippen molar-refractivity contribution in [2.45, 2.75) is 437 Å². The van der Waals surface area contributed by atoms with Crippen LogP contribution in [0.4, 0.5) is 0 Å². The van der Waals surface area contributed by atoms with E-state index in [2.05, 4.69) is 67.8 Å². The third kappa shape index (κ3) is 70.9. The predicted molar refractivity (Wildman–Crippen MR) is 379 cm³/mol. The van der Waals surface area contributed by atoms with Crippen LogP contribution < -0.4 is 5.32 Å². The second-order valence-electron chi connectivity index (χ2n) is 26.7. The van der Waals surface area contributed by atoms with Crippen molar-refractivity contribution in [2.75, 3.05) is 13.2 Å². The Hall–Kier alpha value is -2.18. The van der Waals surface area contributed by atoms with Crippen molar-refractivity contribution >= 4 is 11.9 Å². The number of aliphatic hydroxyl groups is 2. The van der Waals surface area contributed by atoms with Crippen LogP contribution in [0.15, 0.2) is 48.6 Å². The molecule has 3 N–H and O–H groups in total. The average molecular weight is 1210 g/mol. The molecule has 0 radical (unpaired) electrons. The lowest BCUT2D eigenvalue weighted by atomic mass is 10.0. The monoisotopic (exact) mass is 1210 g/mol. The Balaban J connectivity index is 3.35. The summed E-state index contributed by atoms with van der Waals surface area (Å²) < 4.78 is 5.50.